The van der Waals surface area contributed by atoms with Gasteiger partial charge in [-0.1, -0.05) is 11.8 Å². The maximum absolute atomic E-state index is 11.5. The van der Waals surface area contributed by atoms with E-state index in [0.29, 0.717) is 5.75 Å². The molecule has 5 atom stereocenters. The van der Waals surface area contributed by atoms with Crippen LogP contribution in [0.4, 0.5) is 0 Å². The summed E-state index contributed by atoms with van der Waals surface area (Å²) in [6.07, 6.45) is -2.65. The first-order valence-corrected chi connectivity index (χ1v) is 9.35. The summed E-state index contributed by atoms with van der Waals surface area (Å²) in [5.41, 5.74) is 5.52. The van der Waals surface area contributed by atoms with E-state index in [-0.39, 0.29) is 13.1 Å². The van der Waals surface area contributed by atoms with Gasteiger partial charge in [-0.3, -0.25) is 14.4 Å². The van der Waals surface area contributed by atoms with Gasteiger partial charge in [0.1, 0.15) is 30.0 Å². The molecule has 1 aromatic carbocycles. The summed E-state index contributed by atoms with van der Waals surface area (Å²) in [4.78, 5) is 34.5. The van der Waals surface area contributed by atoms with Crippen molar-refractivity contribution in [2.45, 2.75) is 48.5 Å². The van der Waals surface area contributed by atoms with Crippen LogP contribution in [0, 0.1) is 0 Å². The van der Waals surface area contributed by atoms with Crippen molar-refractivity contribution in [3.63, 3.8) is 0 Å². The molecule has 1 heterocycles. The van der Waals surface area contributed by atoms with Crippen LogP contribution >= 0.6 is 11.8 Å². The monoisotopic (exact) mass is 413 g/mol. The summed E-state index contributed by atoms with van der Waals surface area (Å²) >= 11 is 1.27. The summed E-state index contributed by atoms with van der Waals surface area (Å²) in [5.74, 6) is -0.402. The van der Waals surface area contributed by atoms with Crippen molar-refractivity contribution in [3.05, 3.63) is 24.3 Å². The number of hydrogen-bond donors (Lipinski definition) is 1. The summed E-state index contributed by atoms with van der Waals surface area (Å²) in [6.45, 7) is 2.59. The highest BCUT2D eigenvalue weighted by Crippen LogP contribution is 2.35. The van der Waals surface area contributed by atoms with Gasteiger partial charge in [0.05, 0.1) is 13.2 Å². The molecular weight excluding hydrogens is 390 g/mol. The van der Waals surface area contributed by atoms with Gasteiger partial charge in [0, 0.05) is 18.7 Å². The van der Waals surface area contributed by atoms with E-state index >= 15 is 0 Å². The first-order chi connectivity index (χ1) is 13.3. The summed E-state index contributed by atoms with van der Waals surface area (Å²) < 4.78 is 26.5. The maximum atomic E-state index is 11.5. The Kier molecular flexibility index (Phi) is 8.09. The minimum atomic E-state index is -0.950. The first-order valence-electron chi connectivity index (χ1n) is 8.47. The molecule has 0 spiro atoms. The number of nitrogens with two attached hydrogens (primary N) is 1. The molecule has 0 amide bonds. The Labute approximate surface area is 166 Å². The van der Waals surface area contributed by atoms with E-state index in [1.54, 1.807) is 19.2 Å². The van der Waals surface area contributed by atoms with Crippen molar-refractivity contribution >= 4 is 30.2 Å². The Morgan fingerprint density at radius 1 is 1.18 bits per heavy atom. The highest BCUT2D eigenvalue weighted by Gasteiger charge is 2.48. The molecule has 0 bridgehead atoms. The minimum Gasteiger partial charge on any atom is -0.497 e. The van der Waals surface area contributed by atoms with Crippen LogP contribution in [-0.4, -0.2) is 61.9 Å². The topological polar surface area (TPSA) is 123 Å². The predicted octanol–water partition coefficient (Wildman–Crippen LogP) is 0.876. The molecule has 0 aromatic heterocycles. The minimum absolute atomic E-state index is 0.158. The molecule has 0 radical (unpaired) electrons. The fourth-order valence-corrected chi connectivity index (χ4v) is 3.86. The van der Waals surface area contributed by atoms with Crippen LogP contribution in [-0.2, 0) is 33.3 Å². The average molecular weight is 413 g/mol. The molecule has 0 aliphatic carbocycles. The summed E-state index contributed by atoms with van der Waals surface area (Å²) in [5, 5.41) is 0. The lowest BCUT2D eigenvalue weighted by molar-refractivity contribution is -0.197. The number of thioether (sulfide) groups is 1. The van der Waals surface area contributed by atoms with Crippen LogP contribution in [0.1, 0.15) is 13.8 Å². The molecule has 5 unspecified atom stereocenters. The molecule has 9 nitrogen and oxygen atoms in total. The molecule has 2 rings (SSSR count). The Hall–Kier alpha value is -2.30. The third kappa shape index (κ3) is 5.85. The molecule has 1 aliphatic rings. The van der Waals surface area contributed by atoms with Crippen LogP contribution in [0.15, 0.2) is 29.2 Å². The van der Waals surface area contributed by atoms with Crippen molar-refractivity contribution < 1.29 is 38.1 Å². The highest BCUT2D eigenvalue weighted by atomic mass is 32.2. The molecule has 1 aliphatic heterocycles. The molecule has 28 heavy (non-hydrogen) atoms. The third-order valence-corrected chi connectivity index (χ3v) is 5.14. The third-order valence-electron chi connectivity index (χ3n) is 3.98. The SMILES string of the molecule is COc1ccc(SC2OC(COC(C)=O)C(OC(C)=O)C(N)C2OC=O)cc1. The van der Waals surface area contributed by atoms with Gasteiger partial charge >= 0.3 is 11.9 Å². The van der Waals surface area contributed by atoms with Gasteiger partial charge in [-0.05, 0) is 24.3 Å². The molecule has 1 fully saturated rings. The Morgan fingerprint density at radius 3 is 2.39 bits per heavy atom. The number of hydrogen-bond acceptors (Lipinski definition) is 10. The van der Waals surface area contributed by atoms with Crippen molar-refractivity contribution in [3.8, 4) is 5.75 Å². The molecule has 1 saturated heterocycles. The second kappa shape index (κ2) is 10.3. The Bertz CT molecular complexity index is 683. The lowest BCUT2D eigenvalue weighted by Gasteiger charge is -2.43. The maximum Gasteiger partial charge on any atom is 0.303 e. The molecule has 154 valence electrons. The van der Waals surface area contributed by atoms with E-state index in [2.05, 4.69) is 0 Å². The quantitative estimate of drug-likeness (QED) is 0.373. The Morgan fingerprint density at radius 2 is 1.86 bits per heavy atom. The fraction of sp³-hybridized carbons (Fsp3) is 0.500. The highest BCUT2D eigenvalue weighted by molar-refractivity contribution is 7.99. The number of esters is 2. The van der Waals surface area contributed by atoms with Crippen LogP contribution in [0.3, 0.4) is 0 Å². The number of carbonyl (C=O) groups excluding carboxylic acids is 3. The van der Waals surface area contributed by atoms with Crippen molar-refractivity contribution in [1.29, 1.82) is 0 Å². The van der Waals surface area contributed by atoms with E-state index in [1.807, 2.05) is 12.1 Å². The molecule has 2 N–H and O–H groups in total. The molecular formula is C18H23NO8S. The van der Waals surface area contributed by atoms with E-state index in [0.717, 1.165) is 4.90 Å². The van der Waals surface area contributed by atoms with Gasteiger partial charge < -0.3 is 29.4 Å². The lowest BCUT2D eigenvalue weighted by atomic mass is 9.97. The second-order valence-electron chi connectivity index (χ2n) is 5.99. The number of methoxy groups -OCH3 is 1. The average Bonchev–Trinajstić information content (AvgIpc) is 2.66. The van der Waals surface area contributed by atoms with Crippen molar-refractivity contribution in [1.82, 2.24) is 0 Å². The zero-order chi connectivity index (χ0) is 20.7. The van der Waals surface area contributed by atoms with Gasteiger partial charge in [0.25, 0.3) is 6.47 Å². The zero-order valence-electron chi connectivity index (χ0n) is 15.7. The van der Waals surface area contributed by atoms with Crippen molar-refractivity contribution in [2.24, 2.45) is 5.73 Å². The van der Waals surface area contributed by atoms with Crippen molar-refractivity contribution in [2.75, 3.05) is 13.7 Å². The van der Waals surface area contributed by atoms with Crippen LogP contribution in [0.2, 0.25) is 0 Å². The first kappa shape index (κ1) is 22.0. The Balaban J connectivity index is 2.23. The number of benzene rings is 1. The fourth-order valence-electron chi connectivity index (χ4n) is 2.73. The standard InChI is InChI=1S/C18H23NO8S/c1-10(21)24-8-14-16(26-11(2)22)15(19)17(25-9-20)18(27-14)28-13-6-4-12(23-3)5-7-13/h4-7,9,14-18H,8,19H2,1-3H3. The van der Waals surface area contributed by atoms with Crippen LogP contribution < -0.4 is 10.5 Å². The van der Waals surface area contributed by atoms with Gasteiger partial charge in [-0.15, -0.1) is 0 Å². The van der Waals surface area contributed by atoms with Gasteiger partial charge in [-0.2, -0.15) is 0 Å². The number of ether oxygens (including phenoxy) is 5. The molecule has 10 heteroatoms. The van der Waals surface area contributed by atoms with Gasteiger partial charge in [0.2, 0.25) is 0 Å². The van der Waals surface area contributed by atoms with E-state index < -0.39 is 41.7 Å². The van der Waals surface area contributed by atoms with E-state index in [9.17, 15) is 14.4 Å². The van der Waals surface area contributed by atoms with Crippen LogP contribution in [0.25, 0.3) is 0 Å². The smallest absolute Gasteiger partial charge is 0.303 e. The van der Waals surface area contributed by atoms with Gasteiger partial charge in [0.15, 0.2) is 6.10 Å². The van der Waals surface area contributed by atoms with E-state index in [4.69, 9.17) is 29.4 Å². The van der Waals surface area contributed by atoms with Crippen LogP contribution in [0.5, 0.6) is 5.75 Å². The predicted molar refractivity (Wildman–Crippen MR) is 98.6 cm³/mol. The summed E-state index contributed by atoms with van der Waals surface area (Å²) in [7, 11) is 1.56. The lowest BCUT2D eigenvalue weighted by Crippen LogP contribution is -2.63. The largest absolute Gasteiger partial charge is 0.497 e. The number of carbonyl (C=O) groups is 3. The summed E-state index contributed by atoms with van der Waals surface area (Å²) in [6, 6.07) is 6.31. The molecule has 1 aromatic rings. The molecule has 0 saturated carbocycles. The number of rotatable bonds is 8. The normalized spacial score (nSPS) is 26.8. The van der Waals surface area contributed by atoms with E-state index in [1.165, 1.54) is 25.6 Å². The van der Waals surface area contributed by atoms with Gasteiger partial charge in [-0.25, -0.2) is 0 Å². The second-order valence-corrected chi connectivity index (χ2v) is 7.16. The zero-order valence-corrected chi connectivity index (χ0v) is 16.5.